The van der Waals surface area contributed by atoms with Gasteiger partial charge in [-0.25, -0.2) is 0 Å². The Morgan fingerprint density at radius 1 is 1.20 bits per heavy atom. The fourth-order valence-corrected chi connectivity index (χ4v) is 1.97. The summed E-state index contributed by atoms with van der Waals surface area (Å²) in [5.74, 6) is 0.327. The Morgan fingerprint density at radius 2 is 1.80 bits per heavy atom. The van der Waals surface area contributed by atoms with E-state index in [1.807, 2.05) is 12.1 Å². The summed E-state index contributed by atoms with van der Waals surface area (Å²) < 4.78 is 0. The van der Waals surface area contributed by atoms with E-state index in [4.69, 9.17) is 0 Å². The van der Waals surface area contributed by atoms with E-state index >= 15 is 0 Å². The van der Waals surface area contributed by atoms with E-state index < -0.39 is 0 Å². The largest absolute Gasteiger partial charge is 0.508 e. The zero-order chi connectivity index (χ0) is 10.7. The Labute approximate surface area is 90.6 Å². The van der Waals surface area contributed by atoms with Gasteiger partial charge in [-0.05, 0) is 37.5 Å². The molecule has 0 aliphatic heterocycles. The van der Waals surface area contributed by atoms with Crippen LogP contribution in [0.15, 0.2) is 36.4 Å². The maximum absolute atomic E-state index is 9.19. The average Bonchev–Trinajstić information content (AvgIpc) is 2.71. The summed E-state index contributed by atoms with van der Waals surface area (Å²) in [4.78, 5) is 0. The number of rotatable bonds is 3. The van der Waals surface area contributed by atoms with E-state index in [0.29, 0.717) is 17.8 Å². The lowest BCUT2D eigenvalue weighted by Crippen LogP contribution is -2.29. The molecule has 0 aromatic heterocycles. The van der Waals surface area contributed by atoms with E-state index in [2.05, 4.69) is 24.4 Å². The van der Waals surface area contributed by atoms with Crippen molar-refractivity contribution in [3.63, 3.8) is 0 Å². The normalized spacial score (nSPS) is 18.2. The number of nitrogens with one attached hydrogen (secondary N) is 1. The number of hydrogen-bond donors (Lipinski definition) is 2. The molecule has 1 aromatic rings. The van der Waals surface area contributed by atoms with Crippen LogP contribution in [0, 0.1) is 0 Å². The molecule has 80 valence electrons. The summed E-state index contributed by atoms with van der Waals surface area (Å²) in [5.41, 5.74) is 1.22. The van der Waals surface area contributed by atoms with Gasteiger partial charge in [0.1, 0.15) is 5.75 Å². The molecule has 0 saturated carbocycles. The van der Waals surface area contributed by atoms with Gasteiger partial charge >= 0.3 is 0 Å². The first-order valence-electron chi connectivity index (χ1n) is 5.45. The molecule has 15 heavy (non-hydrogen) atoms. The summed E-state index contributed by atoms with van der Waals surface area (Å²) in [7, 11) is 0. The quantitative estimate of drug-likeness (QED) is 0.740. The van der Waals surface area contributed by atoms with Crippen molar-refractivity contribution in [3.05, 3.63) is 42.0 Å². The first-order chi connectivity index (χ1) is 7.25. The van der Waals surface area contributed by atoms with Crippen molar-refractivity contribution >= 4 is 0 Å². The Bertz CT molecular complexity index is 334. The molecule has 1 atom stereocenters. The summed E-state index contributed by atoms with van der Waals surface area (Å²) in [6, 6.07) is 8.33. The minimum absolute atomic E-state index is 0.327. The standard InChI is InChI=1S/C13H17NO/c1-10(14-12-4-2-3-5-12)11-6-8-13(15)9-7-11/h2-3,6-10,12,14-15H,4-5H2,1H3. The maximum atomic E-state index is 9.19. The number of benzene rings is 1. The van der Waals surface area contributed by atoms with Gasteiger partial charge in [0.2, 0.25) is 0 Å². The molecule has 2 N–H and O–H groups in total. The summed E-state index contributed by atoms with van der Waals surface area (Å²) in [6.45, 7) is 2.16. The van der Waals surface area contributed by atoms with Crippen LogP contribution < -0.4 is 5.32 Å². The molecule has 1 unspecified atom stereocenters. The molecule has 0 saturated heterocycles. The van der Waals surface area contributed by atoms with Crippen molar-refractivity contribution in [2.75, 3.05) is 0 Å². The molecule has 2 rings (SSSR count). The first-order valence-corrected chi connectivity index (χ1v) is 5.45. The van der Waals surface area contributed by atoms with Crippen molar-refractivity contribution in [1.82, 2.24) is 5.32 Å². The summed E-state index contributed by atoms with van der Waals surface area (Å²) in [6.07, 6.45) is 6.70. The number of phenols is 1. The molecule has 1 aromatic carbocycles. The second-order valence-electron chi connectivity index (χ2n) is 4.12. The van der Waals surface area contributed by atoms with Gasteiger partial charge in [-0.15, -0.1) is 0 Å². The second kappa shape index (κ2) is 4.49. The Hall–Kier alpha value is -1.28. The van der Waals surface area contributed by atoms with Crippen molar-refractivity contribution < 1.29 is 5.11 Å². The highest BCUT2D eigenvalue weighted by Gasteiger charge is 2.13. The lowest BCUT2D eigenvalue weighted by atomic mass is 10.1. The van der Waals surface area contributed by atoms with Crippen LogP contribution >= 0.6 is 0 Å². The smallest absolute Gasteiger partial charge is 0.115 e. The van der Waals surface area contributed by atoms with Crippen molar-refractivity contribution in [3.8, 4) is 5.75 Å². The third-order valence-electron chi connectivity index (χ3n) is 2.89. The minimum Gasteiger partial charge on any atom is -0.508 e. The second-order valence-corrected chi connectivity index (χ2v) is 4.12. The monoisotopic (exact) mass is 203 g/mol. The Kier molecular flexibility index (Phi) is 3.07. The van der Waals surface area contributed by atoms with E-state index in [1.54, 1.807) is 12.1 Å². The van der Waals surface area contributed by atoms with Crippen LogP contribution in [-0.4, -0.2) is 11.1 Å². The molecule has 0 bridgehead atoms. The minimum atomic E-state index is 0.327. The van der Waals surface area contributed by atoms with E-state index in [-0.39, 0.29) is 0 Å². The van der Waals surface area contributed by atoms with Gasteiger partial charge in [-0.3, -0.25) is 0 Å². The number of aromatic hydroxyl groups is 1. The van der Waals surface area contributed by atoms with Crippen LogP contribution in [0.1, 0.15) is 31.4 Å². The lowest BCUT2D eigenvalue weighted by molar-refractivity contribution is 0.465. The van der Waals surface area contributed by atoms with Crippen LogP contribution in [0.4, 0.5) is 0 Å². The molecule has 2 nitrogen and oxygen atoms in total. The summed E-state index contributed by atoms with van der Waals surface area (Å²) in [5, 5.41) is 12.8. The fourth-order valence-electron chi connectivity index (χ4n) is 1.97. The first kappa shape index (κ1) is 10.2. The molecular weight excluding hydrogens is 186 g/mol. The zero-order valence-corrected chi connectivity index (χ0v) is 8.98. The molecular formula is C13H17NO. The predicted octanol–water partition coefficient (Wildman–Crippen LogP) is 2.76. The SMILES string of the molecule is CC(NC1CC=CC1)c1ccc(O)cc1. The van der Waals surface area contributed by atoms with Crippen molar-refractivity contribution in [1.29, 1.82) is 0 Å². The van der Waals surface area contributed by atoms with Crippen molar-refractivity contribution in [2.24, 2.45) is 0 Å². The van der Waals surface area contributed by atoms with Gasteiger partial charge in [0.15, 0.2) is 0 Å². The fraction of sp³-hybridized carbons (Fsp3) is 0.385. The highest BCUT2D eigenvalue weighted by Crippen LogP contribution is 2.19. The molecule has 0 radical (unpaired) electrons. The van der Waals surface area contributed by atoms with E-state index in [1.165, 1.54) is 5.56 Å². The van der Waals surface area contributed by atoms with Crippen LogP contribution in [0.3, 0.4) is 0 Å². The van der Waals surface area contributed by atoms with Crippen LogP contribution in [0.5, 0.6) is 5.75 Å². The molecule has 0 spiro atoms. The molecule has 1 aliphatic rings. The van der Waals surface area contributed by atoms with Crippen LogP contribution in [0.2, 0.25) is 0 Å². The highest BCUT2D eigenvalue weighted by molar-refractivity contribution is 5.27. The number of phenolic OH excluding ortho intramolecular Hbond substituents is 1. The summed E-state index contributed by atoms with van der Waals surface area (Å²) >= 11 is 0. The van der Waals surface area contributed by atoms with E-state index in [0.717, 1.165) is 12.8 Å². The zero-order valence-electron chi connectivity index (χ0n) is 8.98. The topological polar surface area (TPSA) is 32.3 Å². The third-order valence-corrected chi connectivity index (χ3v) is 2.89. The van der Waals surface area contributed by atoms with Gasteiger partial charge in [0.25, 0.3) is 0 Å². The molecule has 0 heterocycles. The van der Waals surface area contributed by atoms with Gasteiger partial charge in [-0.1, -0.05) is 24.3 Å². The van der Waals surface area contributed by atoms with Crippen LogP contribution in [0.25, 0.3) is 0 Å². The Balaban J connectivity index is 1.95. The molecule has 0 amide bonds. The third kappa shape index (κ3) is 2.60. The molecule has 1 aliphatic carbocycles. The van der Waals surface area contributed by atoms with Crippen LogP contribution in [-0.2, 0) is 0 Å². The number of hydrogen-bond acceptors (Lipinski definition) is 2. The van der Waals surface area contributed by atoms with Gasteiger partial charge in [0, 0.05) is 12.1 Å². The maximum Gasteiger partial charge on any atom is 0.115 e. The average molecular weight is 203 g/mol. The molecule has 2 heteroatoms. The van der Waals surface area contributed by atoms with Gasteiger partial charge in [-0.2, -0.15) is 0 Å². The van der Waals surface area contributed by atoms with E-state index in [9.17, 15) is 5.11 Å². The molecule has 0 fully saturated rings. The highest BCUT2D eigenvalue weighted by atomic mass is 16.3. The lowest BCUT2D eigenvalue weighted by Gasteiger charge is -2.19. The van der Waals surface area contributed by atoms with Crippen molar-refractivity contribution in [2.45, 2.75) is 31.8 Å². The Morgan fingerprint density at radius 3 is 2.40 bits per heavy atom. The van der Waals surface area contributed by atoms with Gasteiger partial charge < -0.3 is 10.4 Å². The predicted molar refractivity (Wildman–Crippen MR) is 61.8 cm³/mol. The van der Waals surface area contributed by atoms with Gasteiger partial charge in [0.05, 0.1) is 0 Å².